The van der Waals surface area contributed by atoms with Crippen molar-refractivity contribution in [1.82, 2.24) is 9.97 Å². The van der Waals surface area contributed by atoms with Crippen LogP contribution < -0.4 is 5.63 Å². The minimum absolute atomic E-state index is 0. The van der Waals surface area contributed by atoms with Gasteiger partial charge >= 0.3 is 11.8 Å². The molecular weight excluding hydrogens is 649 g/mol. The van der Waals surface area contributed by atoms with Crippen LogP contribution in [0.5, 0.6) is 5.75 Å². The van der Waals surface area contributed by atoms with E-state index < -0.39 is 28.9 Å². The van der Waals surface area contributed by atoms with E-state index in [0.717, 1.165) is 11.4 Å². The Labute approximate surface area is 262 Å². The number of Topliss-reactive ketones (excluding diaryl/α,β-unsaturated/α-hetero) is 1. The van der Waals surface area contributed by atoms with Gasteiger partial charge in [0.2, 0.25) is 0 Å². The molecule has 0 atom stereocenters. The molecule has 10 heteroatoms. The molecule has 0 spiro atoms. The first-order valence-corrected chi connectivity index (χ1v) is 11.5. The van der Waals surface area contributed by atoms with Crippen LogP contribution in [0.3, 0.4) is 0 Å². The molecule has 201 valence electrons. The van der Waals surface area contributed by atoms with E-state index in [1.165, 1.54) is 28.3 Å². The predicted molar refractivity (Wildman–Crippen MR) is 138 cm³/mol. The monoisotopic (exact) mass is 673 g/mol. The van der Waals surface area contributed by atoms with Gasteiger partial charge in [0.05, 0.1) is 16.8 Å². The van der Waals surface area contributed by atoms with Gasteiger partial charge in [0.1, 0.15) is 11.3 Å². The number of benzene rings is 2. The van der Waals surface area contributed by atoms with Crippen molar-refractivity contribution in [2.75, 3.05) is 0 Å². The first-order valence-electron chi connectivity index (χ1n) is 11.5. The minimum atomic E-state index is -5.28. The Balaban J connectivity index is 0.000000220. The zero-order valence-corrected chi connectivity index (χ0v) is 23.8. The number of carbonyl (C=O) groups is 1. The maximum atomic E-state index is 12.5. The van der Waals surface area contributed by atoms with Crippen LogP contribution in [0, 0.1) is 77.1 Å². The zero-order chi connectivity index (χ0) is 27.8. The number of alkyl halides is 3. The second-order valence-corrected chi connectivity index (χ2v) is 8.91. The summed E-state index contributed by atoms with van der Waals surface area (Å²) >= 11 is 0. The first kappa shape index (κ1) is 30.6. The van der Waals surface area contributed by atoms with Gasteiger partial charge in [-0.25, -0.2) is 4.79 Å². The molecule has 39 heavy (non-hydrogen) atoms. The molecule has 0 saturated carbocycles. The van der Waals surface area contributed by atoms with Gasteiger partial charge in [-0.1, -0.05) is 30.3 Å². The van der Waals surface area contributed by atoms with Crippen LogP contribution in [-0.2, 0) is 0 Å². The summed E-state index contributed by atoms with van der Waals surface area (Å²) in [6.07, 6.45) is -1.47. The third-order valence-electron chi connectivity index (χ3n) is 6.26. The second kappa shape index (κ2) is 12.1. The number of aryl methyl sites for hydroxylation is 4. The van der Waals surface area contributed by atoms with Gasteiger partial charge in [-0.15, -0.1) is 0 Å². The average Bonchev–Trinajstić information content (AvgIpc) is 2.87. The molecule has 0 unspecified atom stereocenters. The van der Waals surface area contributed by atoms with Crippen LogP contribution in [0.1, 0.15) is 32.6 Å². The molecular formula is C29H23EuF3N2O4. The fourth-order valence-electron chi connectivity index (χ4n) is 3.79. The summed E-state index contributed by atoms with van der Waals surface area (Å²) in [7, 11) is 0. The molecule has 0 amide bonds. The topological polar surface area (TPSA) is 93.3 Å². The maximum absolute atomic E-state index is 12.5. The second-order valence-electron chi connectivity index (χ2n) is 8.91. The number of aromatic hydroxyl groups is 1. The standard InChI is InChI=1S/C15H7F3O4.C14H16N2.Eu/c16-15(17,18)13(20)10-11(19)9-6-5-7-3-1-2-4-8(7)12(9)22-14(10)21;1-9-5-13(15-7-11(9)3)14-6-10(2)12(4)8-16-14;/h1-6,19H;5-8H,1-4H3;. The zero-order valence-electron chi connectivity index (χ0n) is 21.4. The third kappa shape index (κ3) is 6.45. The number of carbonyl (C=O) groups excluding carboxylic acids is 1. The summed E-state index contributed by atoms with van der Waals surface area (Å²) in [6.45, 7) is 8.34. The minimum Gasteiger partial charge on any atom is -0.506 e. The SMILES string of the molecule is Cc1cnc(-c2cc(C)c(C)cn2)cc1C.O=C(c1c(O)c2ccc3ccccc3c2oc1=O)C(F)(F)F.[Eu]. The smallest absolute Gasteiger partial charge is 0.455 e. The van der Waals surface area contributed by atoms with Crippen LogP contribution in [0.4, 0.5) is 13.2 Å². The summed E-state index contributed by atoms with van der Waals surface area (Å²) < 4.78 is 42.4. The fourth-order valence-corrected chi connectivity index (χ4v) is 3.79. The molecule has 3 heterocycles. The number of halogens is 3. The summed E-state index contributed by atoms with van der Waals surface area (Å²) in [6, 6.07) is 13.7. The van der Waals surface area contributed by atoms with E-state index in [-0.39, 0.29) is 60.3 Å². The Morgan fingerprint density at radius 1 is 0.821 bits per heavy atom. The van der Waals surface area contributed by atoms with E-state index in [4.69, 9.17) is 4.42 Å². The van der Waals surface area contributed by atoms with E-state index in [1.54, 1.807) is 30.3 Å². The molecule has 0 saturated heterocycles. The summed E-state index contributed by atoms with van der Waals surface area (Å²) in [5.74, 6) is -3.46. The number of pyridine rings is 2. The summed E-state index contributed by atoms with van der Waals surface area (Å²) in [5.41, 5.74) is 3.84. The number of aromatic nitrogens is 2. The first-order chi connectivity index (χ1) is 17.9. The molecule has 0 fully saturated rings. The molecule has 0 aliphatic carbocycles. The van der Waals surface area contributed by atoms with Crippen LogP contribution in [0.25, 0.3) is 33.1 Å². The molecule has 0 aliphatic rings. The van der Waals surface area contributed by atoms with Gasteiger partial charge in [0.15, 0.2) is 5.56 Å². The number of fused-ring (bicyclic) bond motifs is 3. The van der Waals surface area contributed by atoms with Crippen LogP contribution in [-0.4, -0.2) is 27.0 Å². The van der Waals surface area contributed by atoms with Crippen LogP contribution in [0.2, 0.25) is 0 Å². The Morgan fingerprint density at radius 3 is 1.87 bits per heavy atom. The molecule has 5 rings (SSSR count). The van der Waals surface area contributed by atoms with Crippen molar-refractivity contribution in [2.24, 2.45) is 0 Å². The molecule has 0 aliphatic heterocycles. The molecule has 1 N–H and O–H groups in total. The molecule has 5 aromatic rings. The average molecular weight is 672 g/mol. The normalized spacial score (nSPS) is 11.1. The van der Waals surface area contributed by atoms with Crippen LogP contribution >= 0.6 is 0 Å². The van der Waals surface area contributed by atoms with E-state index in [1.807, 2.05) is 12.4 Å². The van der Waals surface area contributed by atoms with Crippen molar-refractivity contribution in [2.45, 2.75) is 33.9 Å². The summed E-state index contributed by atoms with van der Waals surface area (Å²) in [4.78, 5) is 31.8. The van der Waals surface area contributed by atoms with E-state index in [2.05, 4.69) is 49.8 Å². The fraction of sp³-hybridized carbons (Fsp3) is 0.172. The van der Waals surface area contributed by atoms with E-state index in [0.29, 0.717) is 10.8 Å². The Hall–Kier alpha value is -2.95. The van der Waals surface area contributed by atoms with Gasteiger partial charge in [-0.05, 0) is 73.5 Å². The molecule has 1 radical (unpaired) electrons. The van der Waals surface area contributed by atoms with Crippen molar-refractivity contribution in [1.29, 1.82) is 0 Å². The van der Waals surface area contributed by atoms with Crippen molar-refractivity contribution >= 4 is 27.5 Å². The van der Waals surface area contributed by atoms with Crippen molar-refractivity contribution < 1.29 is 76.9 Å². The van der Waals surface area contributed by atoms with Gasteiger partial charge in [-0.3, -0.25) is 14.8 Å². The van der Waals surface area contributed by atoms with Gasteiger partial charge < -0.3 is 9.52 Å². The van der Waals surface area contributed by atoms with Gasteiger partial charge in [-0.2, -0.15) is 13.2 Å². The molecule has 6 nitrogen and oxygen atoms in total. The Morgan fingerprint density at radius 2 is 1.36 bits per heavy atom. The third-order valence-corrected chi connectivity index (χ3v) is 6.26. The predicted octanol–water partition coefficient (Wildman–Crippen LogP) is 6.77. The van der Waals surface area contributed by atoms with E-state index in [9.17, 15) is 27.9 Å². The molecule has 0 bridgehead atoms. The Kier molecular flexibility index (Phi) is 9.46. The number of ketones is 1. The van der Waals surface area contributed by atoms with Crippen LogP contribution in [0.15, 0.2) is 70.1 Å². The number of hydrogen-bond donors (Lipinski definition) is 1. The van der Waals surface area contributed by atoms with E-state index >= 15 is 0 Å². The quantitative estimate of drug-likeness (QED) is 0.126. The number of rotatable bonds is 2. The van der Waals surface area contributed by atoms with Crippen molar-refractivity contribution in [3.63, 3.8) is 0 Å². The molecule has 3 aromatic heterocycles. The van der Waals surface area contributed by atoms with Crippen molar-refractivity contribution in [3.8, 4) is 17.1 Å². The molecule has 2 aromatic carbocycles. The number of hydrogen-bond acceptors (Lipinski definition) is 6. The Bertz CT molecular complexity index is 1720. The van der Waals surface area contributed by atoms with Crippen molar-refractivity contribution in [3.05, 3.63) is 99.2 Å². The van der Waals surface area contributed by atoms with Gasteiger partial charge in [0.25, 0.3) is 5.78 Å². The largest absolute Gasteiger partial charge is 0.506 e. The van der Waals surface area contributed by atoms with Gasteiger partial charge in [0, 0.05) is 67.2 Å². The summed E-state index contributed by atoms with van der Waals surface area (Å²) in [5, 5.41) is 10.9. The maximum Gasteiger partial charge on any atom is 0.455 e. The number of nitrogens with zero attached hydrogens (tertiary/aromatic N) is 2.